The predicted octanol–water partition coefficient (Wildman–Crippen LogP) is 2.63. The highest BCUT2D eigenvalue weighted by molar-refractivity contribution is 9.09. The summed E-state index contributed by atoms with van der Waals surface area (Å²) in [5.74, 6) is 0. The van der Waals surface area contributed by atoms with E-state index in [1.807, 2.05) is 6.92 Å². The smallest absolute Gasteiger partial charge is 0.427 e. The first-order valence-corrected chi connectivity index (χ1v) is 6.68. The Labute approximate surface area is 104 Å². The van der Waals surface area contributed by atoms with Gasteiger partial charge in [-0.15, -0.1) is 0 Å². The average Bonchev–Trinajstić information content (AvgIpc) is 2.53. The van der Waals surface area contributed by atoms with Gasteiger partial charge in [0.1, 0.15) is 12.2 Å². The Kier molecular flexibility index (Phi) is 3.74. The summed E-state index contributed by atoms with van der Waals surface area (Å²) in [6, 6.07) is 0. The van der Waals surface area contributed by atoms with Crippen LogP contribution in [0.15, 0.2) is 0 Å². The van der Waals surface area contributed by atoms with E-state index < -0.39 is 6.16 Å². The minimum Gasteiger partial charge on any atom is -0.427 e. The molecule has 0 N–H and O–H groups in total. The first kappa shape index (κ1) is 12.2. The lowest BCUT2D eigenvalue weighted by atomic mass is 9.98. The van der Waals surface area contributed by atoms with Crippen LogP contribution < -0.4 is 0 Å². The lowest BCUT2D eigenvalue weighted by Gasteiger charge is -2.31. The van der Waals surface area contributed by atoms with Crippen LogP contribution >= 0.6 is 15.9 Å². The van der Waals surface area contributed by atoms with Crippen LogP contribution in [0.1, 0.15) is 33.1 Å². The number of ether oxygens (including phenoxy) is 3. The first-order chi connectivity index (χ1) is 7.60. The predicted molar refractivity (Wildman–Crippen MR) is 61.7 cm³/mol. The fourth-order valence-electron chi connectivity index (χ4n) is 2.32. The Morgan fingerprint density at radius 2 is 1.94 bits per heavy atom. The Hall–Kier alpha value is -0.290. The zero-order valence-electron chi connectivity index (χ0n) is 9.52. The van der Waals surface area contributed by atoms with Crippen LogP contribution in [0, 0.1) is 0 Å². The summed E-state index contributed by atoms with van der Waals surface area (Å²) in [5.41, 5.74) is 0. The van der Waals surface area contributed by atoms with Crippen molar-refractivity contribution in [2.24, 2.45) is 0 Å². The van der Waals surface area contributed by atoms with Crippen LogP contribution in [0.3, 0.4) is 0 Å². The molecule has 0 saturated carbocycles. The van der Waals surface area contributed by atoms with Crippen molar-refractivity contribution in [2.45, 2.75) is 62.4 Å². The molecular weight excluding hydrogens is 276 g/mol. The molecule has 5 atom stereocenters. The van der Waals surface area contributed by atoms with Crippen molar-refractivity contribution in [3.63, 3.8) is 0 Å². The van der Waals surface area contributed by atoms with Crippen molar-refractivity contribution in [1.82, 2.24) is 0 Å². The van der Waals surface area contributed by atoms with E-state index >= 15 is 0 Å². The van der Waals surface area contributed by atoms with Crippen LogP contribution in [-0.4, -0.2) is 35.4 Å². The molecule has 2 rings (SSSR count). The van der Waals surface area contributed by atoms with Gasteiger partial charge in [-0.2, -0.15) is 0 Å². The molecule has 5 heteroatoms. The Morgan fingerprint density at radius 1 is 1.31 bits per heavy atom. The summed E-state index contributed by atoms with van der Waals surface area (Å²) in [4.78, 5) is 11.3. The van der Waals surface area contributed by atoms with Gasteiger partial charge in [0.15, 0.2) is 0 Å². The lowest BCUT2D eigenvalue weighted by Crippen LogP contribution is -2.39. The highest BCUT2D eigenvalue weighted by Gasteiger charge is 2.42. The molecule has 16 heavy (non-hydrogen) atoms. The highest BCUT2D eigenvalue weighted by atomic mass is 79.9. The monoisotopic (exact) mass is 292 g/mol. The summed E-state index contributed by atoms with van der Waals surface area (Å²) in [5, 5.41) is 0. The molecule has 0 aromatic heterocycles. The Bertz CT molecular complexity index is 271. The number of alkyl halides is 1. The van der Waals surface area contributed by atoms with Crippen molar-refractivity contribution in [2.75, 3.05) is 0 Å². The van der Waals surface area contributed by atoms with Crippen molar-refractivity contribution in [1.29, 1.82) is 0 Å². The second-order valence-electron chi connectivity index (χ2n) is 4.44. The number of halogens is 1. The van der Waals surface area contributed by atoms with E-state index in [-0.39, 0.29) is 29.2 Å². The molecule has 4 nitrogen and oxygen atoms in total. The summed E-state index contributed by atoms with van der Waals surface area (Å²) >= 11 is 3.61. The molecule has 0 radical (unpaired) electrons. The molecular formula is C11H17BrO4. The molecule has 92 valence electrons. The number of carbonyl (C=O) groups excluding carboxylic acids is 1. The third kappa shape index (κ3) is 2.51. The van der Waals surface area contributed by atoms with E-state index in [1.165, 1.54) is 0 Å². The fraction of sp³-hybridized carbons (Fsp3) is 0.909. The molecule has 0 unspecified atom stereocenters. The number of fused-ring (bicyclic) bond motifs is 1. The summed E-state index contributed by atoms with van der Waals surface area (Å²) < 4.78 is 16.2. The average molecular weight is 293 g/mol. The minimum absolute atomic E-state index is 0.0901. The van der Waals surface area contributed by atoms with Crippen molar-refractivity contribution < 1.29 is 19.0 Å². The van der Waals surface area contributed by atoms with Crippen molar-refractivity contribution >= 4 is 22.1 Å². The van der Waals surface area contributed by atoms with E-state index in [2.05, 4.69) is 22.9 Å². The van der Waals surface area contributed by atoms with Gasteiger partial charge in [0.25, 0.3) is 0 Å². The molecule has 0 aliphatic carbocycles. The molecule has 0 bridgehead atoms. The Morgan fingerprint density at radius 3 is 2.56 bits per heavy atom. The van der Waals surface area contributed by atoms with E-state index in [9.17, 15) is 4.79 Å². The van der Waals surface area contributed by atoms with Gasteiger partial charge in [0.2, 0.25) is 0 Å². The molecule has 0 aromatic rings. The Balaban J connectivity index is 2.08. The third-order valence-corrected chi connectivity index (χ3v) is 4.11. The zero-order valence-corrected chi connectivity index (χ0v) is 11.1. The normalized spacial score (nSPS) is 43.9. The standard InChI is InChI=1S/C11H17BrO4/c1-3-8-7(12)5-10-9(4-6(2)14-8)15-11(13)16-10/h6-10H,3-5H2,1-2H3/t6-,7-,8-,9+,10-/m1/s1. The van der Waals surface area contributed by atoms with Crippen LogP contribution in [0.2, 0.25) is 0 Å². The van der Waals surface area contributed by atoms with Gasteiger partial charge in [-0.05, 0) is 13.3 Å². The molecule has 2 aliphatic rings. The number of hydrogen-bond donors (Lipinski definition) is 0. The topological polar surface area (TPSA) is 44.8 Å². The number of hydrogen-bond acceptors (Lipinski definition) is 4. The maximum Gasteiger partial charge on any atom is 0.509 e. The highest BCUT2D eigenvalue weighted by Crippen LogP contribution is 2.32. The van der Waals surface area contributed by atoms with Crippen molar-refractivity contribution in [3.05, 3.63) is 0 Å². The summed E-state index contributed by atoms with van der Waals surface area (Å²) in [6.45, 7) is 4.11. The SMILES string of the molecule is CC[C@H]1O[C@H](C)C[C@@H]2OC(=O)O[C@@H]2C[C@H]1Br. The van der Waals surface area contributed by atoms with Crippen LogP contribution in [-0.2, 0) is 14.2 Å². The van der Waals surface area contributed by atoms with Crippen LogP contribution in [0.4, 0.5) is 4.79 Å². The second kappa shape index (κ2) is 4.92. The van der Waals surface area contributed by atoms with Gasteiger partial charge < -0.3 is 14.2 Å². The molecule has 0 amide bonds. The maximum absolute atomic E-state index is 11.1. The summed E-state index contributed by atoms with van der Waals surface area (Å²) in [7, 11) is 0. The van der Waals surface area contributed by atoms with E-state index in [0.717, 1.165) is 12.8 Å². The van der Waals surface area contributed by atoms with Gasteiger partial charge in [-0.1, -0.05) is 22.9 Å². The maximum atomic E-state index is 11.1. The third-order valence-electron chi connectivity index (χ3n) is 3.14. The minimum atomic E-state index is -0.545. The van der Waals surface area contributed by atoms with Gasteiger partial charge in [0, 0.05) is 17.7 Å². The zero-order chi connectivity index (χ0) is 11.7. The first-order valence-electron chi connectivity index (χ1n) is 5.77. The van der Waals surface area contributed by atoms with E-state index in [0.29, 0.717) is 6.42 Å². The second-order valence-corrected chi connectivity index (χ2v) is 5.62. The molecule has 2 heterocycles. The largest absolute Gasteiger partial charge is 0.509 e. The molecule has 2 fully saturated rings. The van der Waals surface area contributed by atoms with E-state index in [4.69, 9.17) is 14.2 Å². The van der Waals surface area contributed by atoms with Crippen LogP contribution in [0.5, 0.6) is 0 Å². The van der Waals surface area contributed by atoms with Gasteiger partial charge in [-0.25, -0.2) is 4.79 Å². The molecule has 0 spiro atoms. The lowest BCUT2D eigenvalue weighted by molar-refractivity contribution is -0.0478. The number of rotatable bonds is 1. The number of carbonyl (C=O) groups is 1. The molecule has 0 aromatic carbocycles. The van der Waals surface area contributed by atoms with Gasteiger partial charge in [-0.3, -0.25) is 0 Å². The van der Waals surface area contributed by atoms with Crippen molar-refractivity contribution in [3.8, 4) is 0 Å². The quantitative estimate of drug-likeness (QED) is 0.550. The van der Waals surface area contributed by atoms with Gasteiger partial charge in [0.05, 0.1) is 12.2 Å². The summed E-state index contributed by atoms with van der Waals surface area (Å²) in [6.07, 6.45) is 1.86. The van der Waals surface area contributed by atoms with Crippen LogP contribution in [0.25, 0.3) is 0 Å². The fourth-order valence-corrected chi connectivity index (χ4v) is 3.19. The van der Waals surface area contributed by atoms with Gasteiger partial charge >= 0.3 is 6.16 Å². The van der Waals surface area contributed by atoms with E-state index in [1.54, 1.807) is 0 Å². The molecule has 2 aliphatic heterocycles. The molecule has 2 saturated heterocycles.